The number of hydroxylamine groups is 1. The van der Waals surface area contributed by atoms with E-state index in [9.17, 15) is 4.79 Å². The molecule has 7 nitrogen and oxygen atoms in total. The van der Waals surface area contributed by atoms with Crippen molar-refractivity contribution in [2.45, 2.75) is 45.7 Å². The average molecular weight is 381 g/mol. The predicted molar refractivity (Wildman–Crippen MR) is 108 cm³/mol. The van der Waals surface area contributed by atoms with Crippen LogP contribution in [0.4, 0.5) is 0 Å². The molecule has 1 aromatic carbocycles. The second-order valence-corrected chi connectivity index (χ2v) is 7.10. The largest absolute Gasteiger partial charge is 0.341 e. The molecule has 0 spiro atoms. The first kappa shape index (κ1) is 20.0. The maximum Gasteiger partial charge on any atom is 0.243 e. The van der Waals surface area contributed by atoms with Crippen molar-refractivity contribution in [2.24, 2.45) is 0 Å². The maximum absolute atomic E-state index is 11.2. The molecule has 3 aromatic rings. The zero-order valence-corrected chi connectivity index (χ0v) is 16.4. The van der Waals surface area contributed by atoms with Gasteiger partial charge in [-0.3, -0.25) is 19.9 Å². The Balaban J connectivity index is 1.73. The van der Waals surface area contributed by atoms with Gasteiger partial charge in [-0.05, 0) is 63.1 Å². The molecule has 0 bridgehead atoms. The molecule has 7 heteroatoms. The second-order valence-electron chi connectivity index (χ2n) is 7.10. The number of pyridine rings is 1. The van der Waals surface area contributed by atoms with Gasteiger partial charge in [0, 0.05) is 18.7 Å². The van der Waals surface area contributed by atoms with Crippen molar-refractivity contribution in [2.75, 3.05) is 6.54 Å². The Labute approximate surface area is 164 Å². The Morgan fingerprint density at radius 1 is 1.29 bits per heavy atom. The molecule has 3 N–H and O–H groups in total. The normalized spacial score (nSPS) is 12.4. The number of nitrogens with one attached hydrogen (secondary N) is 2. The van der Waals surface area contributed by atoms with E-state index in [1.54, 1.807) is 5.48 Å². The van der Waals surface area contributed by atoms with Crippen LogP contribution < -0.4 is 5.48 Å². The lowest BCUT2D eigenvalue weighted by atomic mass is 10.1. The molecule has 0 aliphatic heterocycles. The van der Waals surface area contributed by atoms with Crippen LogP contribution in [0.25, 0.3) is 11.0 Å². The van der Waals surface area contributed by atoms with Crippen LogP contribution in [0.1, 0.15) is 49.3 Å². The van der Waals surface area contributed by atoms with E-state index in [0.29, 0.717) is 19.4 Å². The Bertz CT molecular complexity index is 891. The molecule has 0 fully saturated rings. The van der Waals surface area contributed by atoms with Gasteiger partial charge in [0.25, 0.3) is 0 Å². The summed E-state index contributed by atoms with van der Waals surface area (Å²) in [7, 11) is 0. The van der Waals surface area contributed by atoms with E-state index in [2.05, 4.69) is 34.8 Å². The zero-order chi connectivity index (χ0) is 19.9. The lowest BCUT2D eigenvalue weighted by Crippen LogP contribution is -2.29. The van der Waals surface area contributed by atoms with E-state index in [1.165, 1.54) is 5.56 Å². The van der Waals surface area contributed by atoms with Crippen molar-refractivity contribution in [3.05, 3.63) is 59.7 Å². The number of aromatic amines is 1. The molecular formula is C21H27N5O2. The SMILES string of the molecule is Cc1ccnc([C@H](C)N(CCCCC(=O)NO)Cc2nc3ccccc3[nH]2)c1. The number of para-hydroxylation sites is 2. The lowest BCUT2D eigenvalue weighted by Gasteiger charge is -2.28. The number of imidazole rings is 1. The van der Waals surface area contributed by atoms with Gasteiger partial charge in [0.2, 0.25) is 5.91 Å². The standard InChI is InChI=1S/C21H27N5O2/c1-15-10-11-22-19(13-15)16(2)26(12-6-5-9-21(27)25-28)14-20-23-17-7-3-4-8-18(17)24-20/h3-4,7-8,10-11,13,16,28H,5-6,9,12,14H2,1-2H3,(H,23,24)(H,25,27)/t16-/m0/s1. The van der Waals surface area contributed by atoms with Crippen LogP contribution in [0.5, 0.6) is 0 Å². The number of carbonyl (C=O) groups is 1. The van der Waals surface area contributed by atoms with Crippen LogP contribution in [-0.4, -0.2) is 37.5 Å². The van der Waals surface area contributed by atoms with Crippen LogP contribution in [0.2, 0.25) is 0 Å². The minimum Gasteiger partial charge on any atom is -0.341 e. The average Bonchev–Trinajstić information content (AvgIpc) is 3.12. The van der Waals surface area contributed by atoms with Crippen LogP contribution >= 0.6 is 0 Å². The molecule has 0 aliphatic carbocycles. The highest BCUT2D eigenvalue weighted by molar-refractivity contribution is 5.75. The highest BCUT2D eigenvalue weighted by Crippen LogP contribution is 2.22. The minimum absolute atomic E-state index is 0.111. The van der Waals surface area contributed by atoms with Crippen molar-refractivity contribution < 1.29 is 10.0 Å². The van der Waals surface area contributed by atoms with Crippen LogP contribution in [-0.2, 0) is 11.3 Å². The van der Waals surface area contributed by atoms with Gasteiger partial charge in [-0.2, -0.15) is 0 Å². The number of H-pyrrole nitrogens is 1. The predicted octanol–water partition coefficient (Wildman–Crippen LogP) is 3.51. The molecule has 148 valence electrons. The third kappa shape index (κ3) is 5.15. The fourth-order valence-electron chi connectivity index (χ4n) is 3.31. The molecule has 0 radical (unpaired) electrons. The molecule has 28 heavy (non-hydrogen) atoms. The van der Waals surface area contributed by atoms with Crippen LogP contribution in [0.15, 0.2) is 42.6 Å². The molecule has 1 amide bonds. The van der Waals surface area contributed by atoms with Crippen LogP contribution in [0.3, 0.4) is 0 Å². The first-order valence-corrected chi connectivity index (χ1v) is 9.60. The monoisotopic (exact) mass is 381 g/mol. The maximum atomic E-state index is 11.2. The highest BCUT2D eigenvalue weighted by Gasteiger charge is 2.19. The Hall–Kier alpha value is -2.77. The van der Waals surface area contributed by atoms with E-state index >= 15 is 0 Å². The smallest absolute Gasteiger partial charge is 0.243 e. The Kier molecular flexibility index (Phi) is 6.73. The third-order valence-electron chi connectivity index (χ3n) is 4.93. The first-order chi connectivity index (χ1) is 13.6. The van der Waals surface area contributed by atoms with Gasteiger partial charge in [-0.1, -0.05) is 12.1 Å². The number of benzene rings is 1. The number of aromatic nitrogens is 3. The fourth-order valence-corrected chi connectivity index (χ4v) is 3.31. The summed E-state index contributed by atoms with van der Waals surface area (Å²) in [6.45, 7) is 5.67. The van der Waals surface area contributed by atoms with E-state index in [4.69, 9.17) is 10.2 Å². The molecule has 0 saturated carbocycles. The summed E-state index contributed by atoms with van der Waals surface area (Å²) in [6.07, 6.45) is 3.69. The summed E-state index contributed by atoms with van der Waals surface area (Å²) in [5.41, 5.74) is 5.87. The number of carbonyl (C=O) groups excluding carboxylic acids is 1. The molecule has 2 heterocycles. The molecule has 1 atom stereocenters. The van der Waals surface area contributed by atoms with Gasteiger partial charge in [-0.15, -0.1) is 0 Å². The highest BCUT2D eigenvalue weighted by atomic mass is 16.5. The van der Waals surface area contributed by atoms with Gasteiger partial charge in [0.05, 0.1) is 23.3 Å². The first-order valence-electron chi connectivity index (χ1n) is 9.60. The molecule has 3 rings (SSSR count). The molecule has 0 saturated heterocycles. The summed E-state index contributed by atoms with van der Waals surface area (Å²) in [5.74, 6) is 0.561. The number of aryl methyl sites for hydroxylation is 1. The van der Waals surface area contributed by atoms with E-state index in [1.807, 2.05) is 36.5 Å². The zero-order valence-electron chi connectivity index (χ0n) is 16.4. The third-order valence-corrected chi connectivity index (χ3v) is 4.93. The summed E-state index contributed by atoms with van der Waals surface area (Å²) in [5, 5.41) is 8.64. The van der Waals surface area contributed by atoms with Crippen molar-refractivity contribution in [3.8, 4) is 0 Å². The second kappa shape index (κ2) is 9.43. The number of hydrogen-bond donors (Lipinski definition) is 3. The van der Waals surface area contributed by atoms with Gasteiger partial charge < -0.3 is 4.98 Å². The fraction of sp³-hybridized carbons (Fsp3) is 0.381. The van der Waals surface area contributed by atoms with Crippen molar-refractivity contribution in [3.63, 3.8) is 0 Å². The Morgan fingerprint density at radius 2 is 2.11 bits per heavy atom. The van der Waals surface area contributed by atoms with Crippen LogP contribution in [0, 0.1) is 6.92 Å². The van der Waals surface area contributed by atoms with E-state index in [-0.39, 0.29) is 11.9 Å². The van der Waals surface area contributed by atoms with Crippen molar-refractivity contribution in [1.29, 1.82) is 0 Å². The quantitative estimate of drug-likeness (QED) is 0.300. The number of amides is 1. The van der Waals surface area contributed by atoms with Gasteiger partial charge >= 0.3 is 0 Å². The summed E-state index contributed by atoms with van der Waals surface area (Å²) < 4.78 is 0. The number of unbranched alkanes of at least 4 members (excludes halogenated alkanes) is 1. The number of nitrogens with zero attached hydrogens (tertiary/aromatic N) is 3. The number of hydrogen-bond acceptors (Lipinski definition) is 5. The van der Waals surface area contributed by atoms with Crippen molar-refractivity contribution >= 4 is 16.9 Å². The minimum atomic E-state index is -0.350. The Morgan fingerprint density at radius 3 is 2.86 bits per heavy atom. The van der Waals surface area contributed by atoms with E-state index < -0.39 is 0 Å². The summed E-state index contributed by atoms with van der Waals surface area (Å²) in [4.78, 5) is 26.2. The van der Waals surface area contributed by atoms with Gasteiger partial charge in [0.15, 0.2) is 0 Å². The summed E-state index contributed by atoms with van der Waals surface area (Å²) in [6, 6.07) is 12.2. The lowest BCUT2D eigenvalue weighted by molar-refractivity contribution is -0.129. The number of rotatable bonds is 9. The van der Waals surface area contributed by atoms with Crippen molar-refractivity contribution in [1.82, 2.24) is 25.3 Å². The van der Waals surface area contributed by atoms with Gasteiger partial charge in [-0.25, -0.2) is 10.5 Å². The molecule has 0 aliphatic rings. The molecule has 0 unspecified atom stereocenters. The topological polar surface area (TPSA) is 94.1 Å². The van der Waals surface area contributed by atoms with Gasteiger partial charge in [0.1, 0.15) is 5.82 Å². The molecule has 2 aromatic heterocycles. The van der Waals surface area contributed by atoms with E-state index in [0.717, 1.165) is 35.5 Å². The summed E-state index contributed by atoms with van der Waals surface area (Å²) >= 11 is 0. The molecular weight excluding hydrogens is 354 g/mol. The number of fused-ring (bicyclic) bond motifs is 1.